The minimum absolute atomic E-state index is 0.0239. The second-order valence-electron chi connectivity index (χ2n) is 7.94. The van der Waals surface area contributed by atoms with Crippen LogP contribution in [0.15, 0.2) is 79.2 Å². The number of fused-ring (bicyclic) bond motifs is 1. The first-order valence-corrected chi connectivity index (χ1v) is 12.4. The number of hydrogen-bond donors (Lipinski definition) is 1. The molecule has 3 rings (SSSR count). The molecule has 3 aromatic rings. The second-order valence-corrected chi connectivity index (χ2v) is 7.94. The van der Waals surface area contributed by atoms with Gasteiger partial charge in [-0.2, -0.15) is 0 Å². The van der Waals surface area contributed by atoms with Crippen molar-refractivity contribution in [2.24, 2.45) is 5.92 Å². The summed E-state index contributed by atoms with van der Waals surface area (Å²) < 4.78 is 76.7. The molecule has 3 nitrogen and oxygen atoms in total. The molecule has 0 fully saturated rings. The number of allylic oxidation sites excluding steroid dienone is 5. The van der Waals surface area contributed by atoms with Crippen LogP contribution in [0.3, 0.4) is 0 Å². The van der Waals surface area contributed by atoms with Gasteiger partial charge in [0.05, 0.1) is 20.4 Å². The minimum atomic E-state index is -0.671. The Morgan fingerprint density at radius 1 is 0.974 bits per heavy atom. The fourth-order valence-corrected chi connectivity index (χ4v) is 3.77. The molecule has 0 amide bonds. The molecule has 0 saturated carbocycles. The highest BCUT2D eigenvalue weighted by atomic mass is 19.1. The van der Waals surface area contributed by atoms with Gasteiger partial charge in [0.1, 0.15) is 24.3 Å². The summed E-state index contributed by atoms with van der Waals surface area (Å²) in [6, 6.07) is 11.2. The lowest BCUT2D eigenvalue weighted by Crippen LogP contribution is -2.21. The molecule has 212 valence electrons. The Morgan fingerprint density at radius 2 is 1.69 bits per heavy atom. The van der Waals surface area contributed by atoms with E-state index in [-0.39, 0.29) is 30.5 Å². The lowest BCUT2D eigenvalue weighted by molar-refractivity contribution is -0.0237. The van der Waals surface area contributed by atoms with E-state index in [0.717, 1.165) is 17.7 Å². The Kier molecular flexibility index (Phi) is 15.4. The molecule has 39 heavy (non-hydrogen) atoms. The summed E-state index contributed by atoms with van der Waals surface area (Å²) in [5.41, 5.74) is 1.31. The van der Waals surface area contributed by atoms with Crippen molar-refractivity contribution in [1.82, 2.24) is 0 Å². The number of aliphatic hydroxyl groups is 1. The first kappa shape index (κ1) is 33.5. The maximum absolute atomic E-state index is 14.7. The number of hydrogen-bond acceptors (Lipinski definition) is 3. The Balaban J connectivity index is 0.00000181. The van der Waals surface area contributed by atoms with Crippen LogP contribution in [0.2, 0.25) is 0 Å². The highest BCUT2D eigenvalue weighted by Crippen LogP contribution is 2.28. The SMILES string of the molecule is C=C/C(F)=C(\C=C/C)c1ccc(OCC(COCO)Cc2ccc3c(F)cc(F)cc3c2)c(F)c1.CC.CF. The molecule has 0 aromatic heterocycles. The second kappa shape index (κ2) is 17.9. The van der Waals surface area contributed by atoms with Crippen molar-refractivity contribution >= 4 is 16.3 Å². The topological polar surface area (TPSA) is 38.7 Å². The van der Waals surface area contributed by atoms with Crippen molar-refractivity contribution in [3.05, 3.63) is 108 Å². The van der Waals surface area contributed by atoms with Crippen LogP contribution < -0.4 is 4.74 Å². The molecule has 8 heteroatoms. The maximum Gasteiger partial charge on any atom is 0.165 e. The number of alkyl halides is 1. The molecule has 0 aliphatic carbocycles. The van der Waals surface area contributed by atoms with Gasteiger partial charge < -0.3 is 14.6 Å². The normalized spacial score (nSPS) is 12.2. The Hall–Kier alpha value is -3.49. The van der Waals surface area contributed by atoms with Gasteiger partial charge in [-0.05, 0) is 54.1 Å². The van der Waals surface area contributed by atoms with Crippen LogP contribution >= 0.6 is 0 Å². The van der Waals surface area contributed by atoms with Crippen molar-refractivity contribution in [3.8, 4) is 5.75 Å². The molecule has 1 unspecified atom stereocenters. The minimum Gasteiger partial charge on any atom is -0.490 e. The molecule has 3 aromatic carbocycles. The summed E-state index contributed by atoms with van der Waals surface area (Å²) in [6.07, 6.45) is 4.61. The molecular weight excluding hydrogens is 515 g/mol. The third-order valence-corrected chi connectivity index (χ3v) is 5.39. The van der Waals surface area contributed by atoms with E-state index in [4.69, 9.17) is 14.6 Å². The predicted octanol–water partition coefficient (Wildman–Crippen LogP) is 8.52. The van der Waals surface area contributed by atoms with Crippen molar-refractivity contribution < 1.29 is 36.5 Å². The van der Waals surface area contributed by atoms with E-state index in [0.29, 0.717) is 29.9 Å². The van der Waals surface area contributed by atoms with E-state index in [1.807, 2.05) is 13.8 Å². The lowest BCUT2D eigenvalue weighted by Gasteiger charge is -2.18. The van der Waals surface area contributed by atoms with Crippen molar-refractivity contribution in [3.63, 3.8) is 0 Å². The monoisotopic (exact) mass is 550 g/mol. The van der Waals surface area contributed by atoms with Crippen molar-refractivity contribution in [2.75, 3.05) is 27.2 Å². The smallest absolute Gasteiger partial charge is 0.165 e. The first-order chi connectivity index (χ1) is 18.9. The molecule has 0 aliphatic heterocycles. The van der Waals surface area contributed by atoms with Crippen LogP contribution in [0, 0.1) is 23.4 Å². The van der Waals surface area contributed by atoms with E-state index >= 15 is 0 Å². The summed E-state index contributed by atoms with van der Waals surface area (Å²) in [5, 5.41) is 9.77. The van der Waals surface area contributed by atoms with Gasteiger partial charge in [-0.1, -0.05) is 56.8 Å². The Morgan fingerprint density at radius 3 is 2.31 bits per heavy atom. The molecule has 0 spiro atoms. The van der Waals surface area contributed by atoms with Crippen LogP contribution in [-0.4, -0.2) is 32.3 Å². The summed E-state index contributed by atoms with van der Waals surface area (Å²) in [7, 11) is 0.500. The van der Waals surface area contributed by atoms with E-state index < -0.39 is 30.1 Å². The van der Waals surface area contributed by atoms with Crippen LogP contribution in [0.25, 0.3) is 16.3 Å². The Labute approximate surface area is 226 Å². The molecule has 0 saturated heterocycles. The molecule has 0 bridgehead atoms. The number of rotatable bonds is 11. The van der Waals surface area contributed by atoms with Gasteiger partial charge in [-0.25, -0.2) is 17.6 Å². The number of ether oxygens (including phenoxy) is 2. The summed E-state index contributed by atoms with van der Waals surface area (Å²) in [4.78, 5) is 0. The molecule has 0 aliphatic rings. The fraction of sp³-hybridized carbons (Fsp3) is 0.290. The highest BCUT2D eigenvalue weighted by Gasteiger charge is 2.16. The molecule has 0 radical (unpaired) electrons. The lowest BCUT2D eigenvalue weighted by atomic mass is 9.98. The van der Waals surface area contributed by atoms with Gasteiger partial charge in [-0.3, -0.25) is 4.39 Å². The van der Waals surface area contributed by atoms with Crippen molar-refractivity contribution in [1.29, 1.82) is 0 Å². The quantitative estimate of drug-likeness (QED) is 0.148. The highest BCUT2D eigenvalue weighted by molar-refractivity contribution is 5.83. The van der Waals surface area contributed by atoms with E-state index in [2.05, 4.69) is 6.58 Å². The summed E-state index contributed by atoms with van der Waals surface area (Å²) in [6.45, 7) is 8.80. The summed E-state index contributed by atoms with van der Waals surface area (Å²) >= 11 is 0. The maximum atomic E-state index is 14.7. The fourth-order valence-electron chi connectivity index (χ4n) is 3.77. The zero-order valence-corrected chi connectivity index (χ0v) is 22.6. The standard InChI is InChI=1S/C28H26F4O3.C2H6.CH3F/c1-3-5-23(25(30)4-2)20-7-9-28(27(32)13-20)35-16-19(15-34-17-33)10-18-6-8-24-21(11-18)12-22(29)14-26(24)31;2*1-2/h3-9,11-14,19,33H,2,10,15-17H2,1H3;1-2H3;1H3/b5-3-,25-23-;;. The predicted molar refractivity (Wildman–Crippen MR) is 147 cm³/mol. The van der Waals surface area contributed by atoms with Gasteiger partial charge in [0, 0.05) is 22.9 Å². The van der Waals surface area contributed by atoms with Gasteiger partial charge in [0.15, 0.2) is 11.6 Å². The molecular formula is C31H35F5O3. The van der Waals surface area contributed by atoms with E-state index in [1.54, 1.807) is 37.3 Å². The molecule has 1 atom stereocenters. The average Bonchev–Trinajstić information content (AvgIpc) is 2.95. The van der Waals surface area contributed by atoms with E-state index in [1.165, 1.54) is 24.3 Å². The third kappa shape index (κ3) is 9.96. The number of benzene rings is 3. The number of aliphatic hydroxyl groups excluding tert-OH is 1. The first-order valence-electron chi connectivity index (χ1n) is 12.4. The van der Waals surface area contributed by atoms with Crippen LogP contribution in [0.5, 0.6) is 5.75 Å². The van der Waals surface area contributed by atoms with Gasteiger partial charge in [-0.15, -0.1) is 0 Å². The Bertz CT molecular complexity index is 1250. The van der Waals surface area contributed by atoms with Gasteiger partial charge in [0.2, 0.25) is 0 Å². The summed E-state index contributed by atoms with van der Waals surface area (Å²) in [5.74, 6) is -2.88. The average molecular weight is 551 g/mol. The largest absolute Gasteiger partial charge is 0.490 e. The number of halogens is 5. The van der Waals surface area contributed by atoms with Gasteiger partial charge >= 0.3 is 0 Å². The van der Waals surface area contributed by atoms with Crippen LogP contribution in [-0.2, 0) is 11.2 Å². The van der Waals surface area contributed by atoms with Crippen LogP contribution in [0.1, 0.15) is 31.9 Å². The van der Waals surface area contributed by atoms with E-state index in [9.17, 15) is 22.0 Å². The zero-order valence-electron chi connectivity index (χ0n) is 22.6. The van der Waals surface area contributed by atoms with Gasteiger partial charge in [0.25, 0.3) is 0 Å². The zero-order chi connectivity index (χ0) is 29.4. The molecule has 1 N–H and O–H groups in total. The molecule has 0 heterocycles. The van der Waals surface area contributed by atoms with Crippen LogP contribution in [0.4, 0.5) is 22.0 Å². The van der Waals surface area contributed by atoms with Crippen molar-refractivity contribution in [2.45, 2.75) is 27.2 Å². The third-order valence-electron chi connectivity index (χ3n) is 5.39.